The Kier molecular flexibility index (Phi) is 9.35. The summed E-state index contributed by atoms with van der Waals surface area (Å²) in [6.07, 6.45) is 0.616. The zero-order valence-corrected chi connectivity index (χ0v) is 17.5. The topological polar surface area (TPSA) is 70.6 Å². The average molecular weight is 487 g/mol. The van der Waals surface area contributed by atoms with Crippen molar-refractivity contribution in [2.24, 2.45) is 4.99 Å². The molecule has 1 heterocycles. The maximum absolute atomic E-state index is 13.5. The van der Waals surface area contributed by atoms with Crippen LogP contribution in [0.4, 0.5) is 4.39 Å². The van der Waals surface area contributed by atoms with Crippen molar-refractivity contribution in [2.45, 2.75) is 18.2 Å². The quantitative estimate of drug-likeness (QED) is 0.278. The molecule has 0 spiro atoms. The summed E-state index contributed by atoms with van der Waals surface area (Å²) in [7, 11) is -1.24. The van der Waals surface area contributed by atoms with Gasteiger partial charge in [-0.15, -0.1) is 24.0 Å². The summed E-state index contributed by atoms with van der Waals surface area (Å²) in [5.41, 5.74) is 0.705. The summed E-state index contributed by atoms with van der Waals surface area (Å²) in [5, 5.41) is 6.28. The third-order valence-corrected chi connectivity index (χ3v) is 6.33. The first-order valence-corrected chi connectivity index (χ1v) is 10.5. The number of guanidine groups is 1. The predicted octanol–water partition coefficient (Wildman–Crippen LogP) is 2.03. The number of rotatable bonds is 6. The Morgan fingerprint density at radius 1 is 1.42 bits per heavy atom. The molecule has 1 unspecified atom stereocenters. The lowest BCUT2D eigenvalue weighted by Gasteiger charge is -2.15. The fourth-order valence-electron chi connectivity index (χ4n) is 2.34. The van der Waals surface area contributed by atoms with Crippen molar-refractivity contribution in [2.75, 3.05) is 30.9 Å². The van der Waals surface area contributed by atoms with Gasteiger partial charge >= 0.3 is 0 Å². The van der Waals surface area contributed by atoms with E-state index in [2.05, 4.69) is 15.6 Å². The van der Waals surface area contributed by atoms with Crippen LogP contribution < -0.4 is 10.6 Å². The molecule has 2 rings (SSSR count). The van der Waals surface area contributed by atoms with Crippen LogP contribution in [0.5, 0.6) is 0 Å². The number of halogens is 2. The van der Waals surface area contributed by atoms with E-state index in [1.54, 1.807) is 30.9 Å². The first-order valence-electron chi connectivity index (χ1n) is 7.49. The third-order valence-electron chi connectivity index (χ3n) is 3.55. The van der Waals surface area contributed by atoms with Gasteiger partial charge in [-0.05, 0) is 18.1 Å². The van der Waals surface area contributed by atoms with Gasteiger partial charge in [-0.2, -0.15) is 11.8 Å². The Bertz CT molecular complexity index is 656. The zero-order valence-electron chi connectivity index (χ0n) is 13.5. The molecule has 24 heavy (non-hydrogen) atoms. The number of sulfone groups is 1. The Morgan fingerprint density at radius 3 is 2.79 bits per heavy atom. The molecule has 9 heteroatoms. The van der Waals surface area contributed by atoms with E-state index in [0.29, 0.717) is 30.2 Å². The minimum Gasteiger partial charge on any atom is -0.356 e. The Morgan fingerprint density at radius 2 is 2.17 bits per heavy atom. The maximum Gasteiger partial charge on any atom is 0.191 e. The molecule has 1 saturated heterocycles. The molecule has 136 valence electrons. The van der Waals surface area contributed by atoms with E-state index < -0.39 is 9.84 Å². The zero-order chi connectivity index (χ0) is 16.7. The molecular formula is C15H23FIN3O2S2. The largest absolute Gasteiger partial charge is 0.356 e. The fourth-order valence-corrected chi connectivity index (χ4v) is 4.85. The molecule has 0 aromatic heterocycles. The van der Waals surface area contributed by atoms with Crippen molar-refractivity contribution < 1.29 is 12.8 Å². The van der Waals surface area contributed by atoms with Crippen LogP contribution in [0, 0.1) is 5.82 Å². The second-order valence-electron chi connectivity index (χ2n) is 5.39. The first-order chi connectivity index (χ1) is 11.0. The van der Waals surface area contributed by atoms with Crippen molar-refractivity contribution in [3.8, 4) is 0 Å². The molecule has 0 bridgehead atoms. The lowest BCUT2D eigenvalue weighted by molar-refractivity contribution is 0.599. The molecule has 2 N–H and O–H groups in total. The van der Waals surface area contributed by atoms with Gasteiger partial charge in [-0.25, -0.2) is 12.8 Å². The maximum atomic E-state index is 13.5. The van der Waals surface area contributed by atoms with Gasteiger partial charge < -0.3 is 10.6 Å². The smallest absolute Gasteiger partial charge is 0.191 e. The summed E-state index contributed by atoms with van der Waals surface area (Å²) in [5.74, 6) is 2.27. The predicted molar refractivity (Wildman–Crippen MR) is 110 cm³/mol. The number of thioether (sulfide) groups is 1. The molecule has 0 amide bonds. The lowest BCUT2D eigenvalue weighted by Crippen LogP contribution is -2.44. The van der Waals surface area contributed by atoms with Gasteiger partial charge in [0, 0.05) is 31.1 Å². The molecule has 1 aromatic rings. The van der Waals surface area contributed by atoms with E-state index in [0.717, 1.165) is 5.75 Å². The van der Waals surface area contributed by atoms with E-state index in [1.165, 1.54) is 6.07 Å². The van der Waals surface area contributed by atoms with Crippen LogP contribution in [-0.4, -0.2) is 51.3 Å². The van der Waals surface area contributed by atoms with E-state index in [4.69, 9.17) is 0 Å². The summed E-state index contributed by atoms with van der Waals surface area (Å²) in [6, 6.07) is 6.70. The Labute approximate surface area is 164 Å². The highest BCUT2D eigenvalue weighted by atomic mass is 127. The summed E-state index contributed by atoms with van der Waals surface area (Å²) in [6.45, 7) is 0.679. The molecule has 1 fully saturated rings. The average Bonchev–Trinajstić information content (AvgIpc) is 2.86. The molecule has 1 atom stereocenters. The van der Waals surface area contributed by atoms with Gasteiger partial charge in [-0.3, -0.25) is 4.99 Å². The summed E-state index contributed by atoms with van der Waals surface area (Å²) in [4.78, 5) is 4.10. The second-order valence-corrected chi connectivity index (χ2v) is 8.72. The molecule has 1 aliphatic rings. The van der Waals surface area contributed by atoms with E-state index in [1.807, 2.05) is 6.07 Å². The van der Waals surface area contributed by atoms with Crippen molar-refractivity contribution in [3.05, 3.63) is 35.6 Å². The number of hydrogen-bond acceptors (Lipinski definition) is 4. The number of nitrogens with zero attached hydrogens (tertiary/aromatic N) is 1. The van der Waals surface area contributed by atoms with Crippen molar-refractivity contribution in [1.82, 2.24) is 10.6 Å². The van der Waals surface area contributed by atoms with Gasteiger partial charge in [0.2, 0.25) is 0 Å². The standard InChI is InChI=1S/C15H22FN3O2S2.HI/c1-17-15(19-13-6-9-23(20,21)11-13)18-7-8-22-10-12-4-2-3-5-14(12)16;/h2-5,13H,6-11H2,1H3,(H2,17,18,19);1H. The van der Waals surface area contributed by atoms with Gasteiger partial charge in [-0.1, -0.05) is 18.2 Å². The van der Waals surface area contributed by atoms with Crippen LogP contribution in [0.15, 0.2) is 29.3 Å². The fraction of sp³-hybridized carbons (Fsp3) is 0.533. The minimum absolute atomic E-state index is 0. The van der Waals surface area contributed by atoms with E-state index in [-0.39, 0.29) is 47.3 Å². The van der Waals surface area contributed by atoms with Crippen molar-refractivity contribution >= 4 is 51.5 Å². The normalized spacial score (nSPS) is 19.6. The Balaban J connectivity index is 0.00000288. The van der Waals surface area contributed by atoms with Gasteiger partial charge in [0.05, 0.1) is 11.5 Å². The minimum atomic E-state index is -2.90. The van der Waals surface area contributed by atoms with Crippen LogP contribution >= 0.6 is 35.7 Å². The molecular weight excluding hydrogens is 464 g/mol. The molecule has 0 saturated carbocycles. The third kappa shape index (κ3) is 7.14. The van der Waals surface area contributed by atoms with Gasteiger partial charge in [0.1, 0.15) is 5.82 Å². The highest BCUT2D eigenvalue weighted by Gasteiger charge is 2.28. The highest BCUT2D eigenvalue weighted by Crippen LogP contribution is 2.14. The number of benzene rings is 1. The van der Waals surface area contributed by atoms with Crippen LogP contribution in [0.1, 0.15) is 12.0 Å². The lowest BCUT2D eigenvalue weighted by atomic mass is 10.2. The van der Waals surface area contributed by atoms with Gasteiger partial charge in [0.25, 0.3) is 0 Å². The molecule has 1 aliphatic heterocycles. The van der Waals surface area contributed by atoms with Crippen LogP contribution in [0.2, 0.25) is 0 Å². The SMILES string of the molecule is CN=C(NCCSCc1ccccc1F)NC1CCS(=O)(=O)C1.I. The van der Waals surface area contributed by atoms with Gasteiger partial charge in [0.15, 0.2) is 15.8 Å². The summed E-state index contributed by atoms with van der Waals surface area (Å²) >= 11 is 1.63. The Hall–Kier alpha value is -0.550. The molecule has 1 aromatic carbocycles. The number of aliphatic imine (C=N–C) groups is 1. The molecule has 5 nitrogen and oxygen atoms in total. The van der Waals surface area contributed by atoms with E-state index in [9.17, 15) is 12.8 Å². The number of hydrogen-bond donors (Lipinski definition) is 2. The monoisotopic (exact) mass is 487 g/mol. The number of nitrogens with one attached hydrogen (secondary N) is 2. The molecule has 0 radical (unpaired) electrons. The van der Waals surface area contributed by atoms with Crippen LogP contribution in [0.25, 0.3) is 0 Å². The summed E-state index contributed by atoms with van der Waals surface area (Å²) < 4.78 is 36.3. The van der Waals surface area contributed by atoms with Crippen molar-refractivity contribution in [3.63, 3.8) is 0 Å². The highest BCUT2D eigenvalue weighted by molar-refractivity contribution is 14.0. The van der Waals surface area contributed by atoms with Crippen LogP contribution in [-0.2, 0) is 15.6 Å². The van der Waals surface area contributed by atoms with Crippen molar-refractivity contribution in [1.29, 1.82) is 0 Å². The molecule has 0 aliphatic carbocycles. The van der Waals surface area contributed by atoms with Crippen LogP contribution in [0.3, 0.4) is 0 Å². The second kappa shape index (κ2) is 10.4. The first kappa shape index (κ1) is 21.5. The van der Waals surface area contributed by atoms with E-state index >= 15 is 0 Å².